The van der Waals surface area contributed by atoms with Gasteiger partial charge in [0.2, 0.25) is 0 Å². The van der Waals surface area contributed by atoms with Crippen LogP contribution in [0.25, 0.3) is 11.4 Å². The average Bonchev–Trinajstić information content (AvgIpc) is 3.53. The topological polar surface area (TPSA) is 108 Å². The fourth-order valence-electron chi connectivity index (χ4n) is 5.52. The molecule has 3 aromatic carbocycles. The first-order valence-electron chi connectivity index (χ1n) is 12.6. The summed E-state index contributed by atoms with van der Waals surface area (Å²) in [5.74, 6) is -0.495. The molecule has 0 unspecified atom stereocenters. The lowest BCUT2D eigenvalue weighted by atomic mass is 9.71. The Bertz CT molecular complexity index is 1750. The second-order valence-electron chi connectivity index (χ2n) is 9.56. The Hall–Kier alpha value is -5.18. The summed E-state index contributed by atoms with van der Waals surface area (Å²) in [6.45, 7) is 5.17. The van der Waals surface area contributed by atoms with E-state index in [0.717, 1.165) is 0 Å². The zero-order valence-electron chi connectivity index (χ0n) is 21.7. The molecule has 0 atom stereocenters. The van der Waals surface area contributed by atoms with Gasteiger partial charge in [0.25, 0.3) is 17.0 Å². The highest BCUT2D eigenvalue weighted by Gasteiger charge is 2.58. The molecule has 3 heterocycles. The van der Waals surface area contributed by atoms with Gasteiger partial charge in [0, 0.05) is 11.4 Å². The van der Waals surface area contributed by atoms with Crippen LogP contribution in [0.15, 0.2) is 106 Å². The molecule has 9 heteroatoms. The second-order valence-corrected chi connectivity index (χ2v) is 9.56. The summed E-state index contributed by atoms with van der Waals surface area (Å²) in [6.07, 6.45) is 0. The summed E-state index contributed by atoms with van der Waals surface area (Å²) in [5, 5.41) is 12.2. The molecule has 1 aliphatic rings. The number of aromatic amines is 2. The lowest BCUT2D eigenvalue weighted by Gasteiger charge is -2.27. The number of hydrogen-bond acceptors (Lipinski definition) is 4. The van der Waals surface area contributed by atoms with Crippen LogP contribution in [0.5, 0.6) is 0 Å². The summed E-state index contributed by atoms with van der Waals surface area (Å²) in [6, 6.07) is 27.2. The summed E-state index contributed by atoms with van der Waals surface area (Å²) >= 11 is 0. The fraction of sp³-hybridized carbons (Fsp3) is 0.133. The second kappa shape index (κ2) is 8.98. The number of benzene rings is 3. The summed E-state index contributed by atoms with van der Waals surface area (Å²) in [4.78, 5) is 43.0. The molecule has 0 spiro atoms. The standard InChI is InChI=1S/C30H26N6O3/c1-19-25(27(37)34(31-19)22-13-7-4-8-14-22)30(21(3)33-36(29(30)39)24-17-11-6-12-18-24)26-20(2)32-35(28(26)38)23-15-9-5-10-16-23/h4-18,31-32H,1-3H3. The van der Waals surface area contributed by atoms with Crippen LogP contribution in [0, 0.1) is 13.8 Å². The van der Waals surface area contributed by atoms with Gasteiger partial charge in [-0.05, 0) is 57.2 Å². The van der Waals surface area contributed by atoms with Gasteiger partial charge >= 0.3 is 0 Å². The third-order valence-corrected chi connectivity index (χ3v) is 7.23. The molecule has 6 rings (SSSR count). The molecule has 0 aliphatic carbocycles. The molecule has 5 aromatic rings. The number of hydrogen-bond donors (Lipinski definition) is 2. The number of nitrogens with zero attached hydrogens (tertiary/aromatic N) is 4. The van der Waals surface area contributed by atoms with E-state index in [1.165, 1.54) is 14.4 Å². The van der Waals surface area contributed by atoms with E-state index in [0.29, 0.717) is 34.2 Å². The van der Waals surface area contributed by atoms with Crippen LogP contribution >= 0.6 is 0 Å². The van der Waals surface area contributed by atoms with Crippen LogP contribution in [0.4, 0.5) is 5.69 Å². The van der Waals surface area contributed by atoms with Crippen molar-refractivity contribution in [1.82, 2.24) is 19.6 Å². The van der Waals surface area contributed by atoms with Gasteiger partial charge < -0.3 is 0 Å². The molecule has 1 amide bonds. The zero-order valence-corrected chi connectivity index (χ0v) is 21.7. The number of aromatic nitrogens is 4. The van der Waals surface area contributed by atoms with E-state index < -0.39 is 22.4 Å². The maximum Gasteiger partial charge on any atom is 0.276 e. The van der Waals surface area contributed by atoms with E-state index in [1.807, 2.05) is 42.5 Å². The highest BCUT2D eigenvalue weighted by atomic mass is 16.2. The molecule has 1 aliphatic heterocycles. The Kier molecular flexibility index (Phi) is 5.57. The van der Waals surface area contributed by atoms with Crippen molar-refractivity contribution < 1.29 is 4.79 Å². The minimum Gasteiger partial charge on any atom is -0.295 e. The van der Waals surface area contributed by atoms with E-state index >= 15 is 0 Å². The summed E-state index contributed by atoms with van der Waals surface area (Å²) in [5.41, 5.74) is 0.730. The maximum atomic E-state index is 14.6. The summed E-state index contributed by atoms with van der Waals surface area (Å²) in [7, 11) is 0. The first kappa shape index (κ1) is 24.2. The minimum absolute atomic E-state index is 0.162. The van der Waals surface area contributed by atoms with Gasteiger partial charge in [-0.1, -0.05) is 54.6 Å². The third-order valence-electron chi connectivity index (χ3n) is 7.23. The van der Waals surface area contributed by atoms with Gasteiger partial charge in [-0.15, -0.1) is 0 Å². The number of rotatable bonds is 5. The molecule has 0 saturated carbocycles. The Morgan fingerprint density at radius 1 is 0.590 bits per heavy atom. The molecule has 0 fully saturated rings. The number of carbonyl (C=O) groups is 1. The number of aryl methyl sites for hydroxylation is 2. The van der Waals surface area contributed by atoms with Crippen LogP contribution in [0.2, 0.25) is 0 Å². The van der Waals surface area contributed by atoms with Crippen molar-refractivity contribution in [2.45, 2.75) is 26.2 Å². The molecule has 39 heavy (non-hydrogen) atoms. The Morgan fingerprint density at radius 3 is 1.38 bits per heavy atom. The number of anilines is 1. The highest BCUT2D eigenvalue weighted by Crippen LogP contribution is 2.41. The van der Waals surface area contributed by atoms with Crippen LogP contribution in [0.1, 0.15) is 29.4 Å². The molecular formula is C30H26N6O3. The third kappa shape index (κ3) is 3.47. The smallest absolute Gasteiger partial charge is 0.276 e. The monoisotopic (exact) mass is 518 g/mol. The number of H-pyrrole nitrogens is 2. The fourth-order valence-corrected chi connectivity index (χ4v) is 5.52. The van der Waals surface area contributed by atoms with Crippen LogP contribution in [-0.4, -0.2) is 31.2 Å². The summed E-state index contributed by atoms with van der Waals surface area (Å²) < 4.78 is 2.80. The van der Waals surface area contributed by atoms with Gasteiger partial charge in [0.15, 0.2) is 5.41 Å². The molecule has 0 radical (unpaired) electrons. The molecule has 9 nitrogen and oxygen atoms in total. The lowest BCUT2D eigenvalue weighted by molar-refractivity contribution is -0.120. The van der Waals surface area contributed by atoms with Crippen LogP contribution < -0.4 is 16.1 Å². The van der Waals surface area contributed by atoms with Crippen molar-refractivity contribution >= 4 is 17.3 Å². The first-order chi connectivity index (χ1) is 18.9. The highest BCUT2D eigenvalue weighted by molar-refractivity contribution is 6.25. The Morgan fingerprint density at radius 2 is 0.974 bits per heavy atom. The molecule has 0 bridgehead atoms. The number of carbonyl (C=O) groups excluding carboxylic acids is 1. The quantitative estimate of drug-likeness (QED) is 0.368. The Balaban J connectivity index is 1.68. The van der Waals surface area contributed by atoms with Gasteiger partial charge in [0.1, 0.15) is 0 Å². The van der Waals surface area contributed by atoms with Crippen molar-refractivity contribution in [1.29, 1.82) is 0 Å². The zero-order chi connectivity index (χ0) is 27.3. The van der Waals surface area contributed by atoms with Crippen molar-refractivity contribution in [3.05, 3.63) is 134 Å². The predicted molar refractivity (Wildman–Crippen MR) is 150 cm³/mol. The molecule has 194 valence electrons. The largest absolute Gasteiger partial charge is 0.295 e. The number of para-hydroxylation sites is 3. The normalized spacial score (nSPS) is 14.6. The van der Waals surface area contributed by atoms with E-state index in [4.69, 9.17) is 0 Å². The van der Waals surface area contributed by atoms with Gasteiger partial charge in [-0.3, -0.25) is 24.6 Å². The Labute approximate surface area is 223 Å². The van der Waals surface area contributed by atoms with E-state index in [2.05, 4.69) is 15.3 Å². The van der Waals surface area contributed by atoms with Gasteiger partial charge in [-0.2, -0.15) is 10.1 Å². The predicted octanol–water partition coefficient (Wildman–Crippen LogP) is 3.97. The van der Waals surface area contributed by atoms with Crippen molar-refractivity contribution in [2.75, 3.05) is 5.01 Å². The van der Waals surface area contributed by atoms with E-state index in [9.17, 15) is 14.4 Å². The average molecular weight is 519 g/mol. The molecule has 0 saturated heterocycles. The van der Waals surface area contributed by atoms with Crippen LogP contribution in [-0.2, 0) is 10.2 Å². The number of nitrogens with one attached hydrogen (secondary N) is 2. The van der Waals surface area contributed by atoms with Crippen molar-refractivity contribution in [3.8, 4) is 11.4 Å². The molecule has 2 N–H and O–H groups in total. The van der Waals surface area contributed by atoms with Crippen molar-refractivity contribution in [3.63, 3.8) is 0 Å². The van der Waals surface area contributed by atoms with Gasteiger partial charge in [0.05, 0.1) is 33.9 Å². The first-order valence-corrected chi connectivity index (χ1v) is 12.6. The number of amides is 1. The minimum atomic E-state index is -1.76. The molecular weight excluding hydrogens is 492 g/mol. The number of hydrazone groups is 1. The van der Waals surface area contributed by atoms with E-state index in [-0.39, 0.29) is 11.1 Å². The van der Waals surface area contributed by atoms with Gasteiger partial charge in [-0.25, -0.2) is 9.36 Å². The van der Waals surface area contributed by atoms with Crippen LogP contribution in [0.3, 0.4) is 0 Å². The molecule has 2 aromatic heterocycles. The maximum absolute atomic E-state index is 14.6. The SMILES string of the molecule is CC1=NN(c2ccccc2)C(=O)C1(c1c(C)[nH]n(-c2ccccc2)c1=O)c1c(C)[nH]n(-c2ccccc2)c1=O. The van der Waals surface area contributed by atoms with Crippen molar-refractivity contribution in [2.24, 2.45) is 5.10 Å². The lowest BCUT2D eigenvalue weighted by Crippen LogP contribution is -2.50. The van der Waals surface area contributed by atoms with E-state index in [1.54, 1.807) is 69.3 Å².